The van der Waals surface area contributed by atoms with Crippen molar-refractivity contribution in [3.05, 3.63) is 40.1 Å². The number of aryl methyl sites for hydroxylation is 1. The number of ether oxygens (including phenoxy) is 1. The van der Waals surface area contributed by atoms with Gasteiger partial charge in [-0.15, -0.1) is 10.2 Å². The van der Waals surface area contributed by atoms with Crippen molar-refractivity contribution in [3.8, 4) is 5.13 Å². The number of rotatable bonds is 7. The molecule has 142 valence electrons. The number of carbonyl (C=O) groups is 1. The lowest BCUT2D eigenvalue weighted by molar-refractivity contribution is 0.102. The molecule has 0 aliphatic carbocycles. The number of unbranched alkanes of at least 4 members (excludes halogenated alkanes) is 1. The Balaban J connectivity index is 1.53. The summed E-state index contributed by atoms with van der Waals surface area (Å²) in [5, 5.41) is 13.3. The number of amides is 1. The van der Waals surface area contributed by atoms with E-state index in [1.807, 2.05) is 29.1 Å². The van der Waals surface area contributed by atoms with Crippen molar-refractivity contribution in [2.45, 2.75) is 45.1 Å². The van der Waals surface area contributed by atoms with Gasteiger partial charge in [-0.1, -0.05) is 36.0 Å². The van der Waals surface area contributed by atoms with Crippen LogP contribution in [-0.4, -0.2) is 32.3 Å². The van der Waals surface area contributed by atoms with E-state index in [-0.39, 0.29) is 12.0 Å². The van der Waals surface area contributed by atoms with E-state index in [4.69, 9.17) is 4.74 Å². The van der Waals surface area contributed by atoms with E-state index in [1.165, 1.54) is 22.7 Å². The standard InChI is InChI=1S/C18H21N5O2S2/c1-2-3-7-12-14(26-18(19-12)23-9-4-5-10-23)15(24)20-17-22-21-16(27-17)13-8-6-11-25-13/h4-5,9-10,13H,2-3,6-8,11H2,1H3,(H,20,22,24)/t13-/m1/s1. The van der Waals surface area contributed by atoms with Crippen LogP contribution in [0.2, 0.25) is 0 Å². The van der Waals surface area contributed by atoms with Crippen molar-refractivity contribution in [2.75, 3.05) is 11.9 Å². The predicted molar refractivity (Wildman–Crippen MR) is 106 cm³/mol. The van der Waals surface area contributed by atoms with E-state index in [0.717, 1.165) is 54.5 Å². The van der Waals surface area contributed by atoms with Crippen molar-refractivity contribution >= 4 is 33.7 Å². The molecule has 1 saturated heterocycles. The summed E-state index contributed by atoms with van der Waals surface area (Å²) in [6.45, 7) is 2.89. The monoisotopic (exact) mass is 403 g/mol. The average molecular weight is 404 g/mol. The average Bonchev–Trinajstić information content (AvgIpc) is 3.46. The molecule has 27 heavy (non-hydrogen) atoms. The van der Waals surface area contributed by atoms with Crippen LogP contribution in [0.1, 0.15) is 59.1 Å². The molecule has 0 radical (unpaired) electrons. The van der Waals surface area contributed by atoms with Gasteiger partial charge in [-0.25, -0.2) is 4.98 Å². The summed E-state index contributed by atoms with van der Waals surface area (Å²) in [5.74, 6) is -0.174. The molecule has 0 saturated carbocycles. The molecule has 0 aromatic carbocycles. The lowest BCUT2D eigenvalue weighted by atomic mass is 10.2. The number of thiazole rings is 1. The van der Waals surface area contributed by atoms with Crippen molar-refractivity contribution in [3.63, 3.8) is 0 Å². The zero-order valence-corrected chi connectivity index (χ0v) is 16.7. The van der Waals surface area contributed by atoms with Crippen molar-refractivity contribution in [1.29, 1.82) is 0 Å². The molecular formula is C18H21N5O2S2. The number of nitrogens with zero attached hydrogens (tertiary/aromatic N) is 4. The first kappa shape index (κ1) is 18.3. The Morgan fingerprint density at radius 3 is 2.93 bits per heavy atom. The van der Waals surface area contributed by atoms with E-state index < -0.39 is 0 Å². The maximum absolute atomic E-state index is 12.9. The molecule has 4 heterocycles. The molecule has 4 rings (SSSR count). The lowest BCUT2D eigenvalue weighted by Gasteiger charge is -2.02. The highest BCUT2D eigenvalue weighted by Crippen LogP contribution is 2.32. The molecule has 0 spiro atoms. The molecule has 1 atom stereocenters. The molecular weight excluding hydrogens is 382 g/mol. The molecule has 7 nitrogen and oxygen atoms in total. The van der Waals surface area contributed by atoms with Gasteiger partial charge in [0, 0.05) is 19.0 Å². The van der Waals surface area contributed by atoms with Crippen LogP contribution >= 0.6 is 22.7 Å². The minimum Gasteiger partial charge on any atom is -0.371 e. The fourth-order valence-corrected chi connectivity index (χ4v) is 4.74. The highest BCUT2D eigenvalue weighted by atomic mass is 32.1. The van der Waals surface area contributed by atoms with Gasteiger partial charge in [-0.05, 0) is 37.8 Å². The maximum atomic E-state index is 12.9. The van der Waals surface area contributed by atoms with E-state index in [9.17, 15) is 4.79 Å². The summed E-state index contributed by atoms with van der Waals surface area (Å²) >= 11 is 2.78. The Morgan fingerprint density at radius 1 is 1.33 bits per heavy atom. The molecule has 1 amide bonds. The number of anilines is 1. The molecule has 0 bridgehead atoms. The van der Waals surface area contributed by atoms with Crippen molar-refractivity contribution in [2.24, 2.45) is 0 Å². The van der Waals surface area contributed by atoms with Gasteiger partial charge in [0.15, 0.2) is 5.13 Å². The third kappa shape index (κ3) is 4.10. The van der Waals surface area contributed by atoms with Gasteiger partial charge >= 0.3 is 0 Å². The molecule has 1 aliphatic rings. The number of aromatic nitrogens is 4. The van der Waals surface area contributed by atoms with E-state index >= 15 is 0 Å². The summed E-state index contributed by atoms with van der Waals surface area (Å²) in [4.78, 5) is 18.2. The molecule has 9 heteroatoms. The van der Waals surface area contributed by atoms with Crippen LogP contribution in [0, 0.1) is 0 Å². The second-order valence-electron chi connectivity index (χ2n) is 6.37. The van der Waals surface area contributed by atoms with Gasteiger partial charge in [-0.3, -0.25) is 10.1 Å². The van der Waals surface area contributed by atoms with Crippen LogP contribution in [0.4, 0.5) is 5.13 Å². The minimum absolute atomic E-state index is 0.0111. The maximum Gasteiger partial charge on any atom is 0.269 e. The Kier molecular flexibility index (Phi) is 5.61. The fourth-order valence-electron chi connectivity index (χ4n) is 2.94. The summed E-state index contributed by atoms with van der Waals surface area (Å²) in [6.07, 6.45) is 8.71. The predicted octanol–water partition coefficient (Wildman–Crippen LogP) is 4.23. The van der Waals surface area contributed by atoms with Gasteiger partial charge in [0.1, 0.15) is 16.0 Å². The van der Waals surface area contributed by atoms with Gasteiger partial charge in [0.2, 0.25) is 5.13 Å². The smallest absolute Gasteiger partial charge is 0.269 e. The van der Waals surface area contributed by atoms with Gasteiger partial charge in [-0.2, -0.15) is 0 Å². The topological polar surface area (TPSA) is 81.9 Å². The van der Waals surface area contributed by atoms with Crippen LogP contribution in [0.5, 0.6) is 0 Å². The summed E-state index contributed by atoms with van der Waals surface area (Å²) in [5.41, 5.74) is 0.840. The summed E-state index contributed by atoms with van der Waals surface area (Å²) in [7, 11) is 0. The van der Waals surface area contributed by atoms with Crippen molar-refractivity contribution < 1.29 is 9.53 Å². The van der Waals surface area contributed by atoms with Gasteiger partial charge in [0.25, 0.3) is 5.91 Å². The first-order valence-corrected chi connectivity index (χ1v) is 10.8. The molecule has 1 N–H and O–H groups in total. The molecule has 0 unspecified atom stereocenters. The second-order valence-corrected chi connectivity index (χ2v) is 8.35. The fraction of sp³-hybridized carbons (Fsp3) is 0.444. The second kappa shape index (κ2) is 8.28. The van der Waals surface area contributed by atoms with Gasteiger partial charge < -0.3 is 9.30 Å². The number of carbonyl (C=O) groups excluding carboxylic acids is 1. The largest absolute Gasteiger partial charge is 0.371 e. The summed E-state index contributed by atoms with van der Waals surface area (Å²) < 4.78 is 7.56. The Morgan fingerprint density at radius 2 is 2.19 bits per heavy atom. The highest BCUT2D eigenvalue weighted by molar-refractivity contribution is 7.17. The summed E-state index contributed by atoms with van der Waals surface area (Å²) in [6, 6.07) is 3.89. The van der Waals surface area contributed by atoms with Gasteiger partial charge in [0.05, 0.1) is 5.69 Å². The number of hydrogen-bond donors (Lipinski definition) is 1. The number of nitrogens with one attached hydrogen (secondary N) is 1. The molecule has 1 fully saturated rings. The van der Waals surface area contributed by atoms with E-state index in [2.05, 4.69) is 27.4 Å². The Labute approximate surface area is 165 Å². The zero-order valence-electron chi connectivity index (χ0n) is 15.1. The van der Waals surface area contributed by atoms with Crippen LogP contribution in [-0.2, 0) is 11.2 Å². The molecule has 1 aliphatic heterocycles. The normalized spacial score (nSPS) is 16.7. The van der Waals surface area contributed by atoms with E-state index in [1.54, 1.807) is 0 Å². The number of hydrogen-bond acceptors (Lipinski definition) is 7. The molecule has 3 aromatic heterocycles. The lowest BCUT2D eigenvalue weighted by Crippen LogP contribution is -2.12. The Bertz CT molecular complexity index is 897. The third-order valence-electron chi connectivity index (χ3n) is 4.35. The first-order valence-electron chi connectivity index (χ1n) is 9.14. The SMILES string of the molecule is CCCCc1nc(-n2cccc2)sc1C(=O)Nc1nnc([C@H]2CCCO2)s1. The Hall–Kier alpha value is -2.10. The van der Waals surface area contributed by atoms with E-state index in [0.29, 0.717) is 10.0 Å². The first-order chi connectivity index (χ1) is 13.2. The third-order valence-corrected chi connectivity index (χ3v) is 6.39. The van der Waals surface area contributed by atoms with Crippen LogP contribution < -0.4 is 5.32 Å². The van der Waals surface area contributed by atoms with Crippen LogP contribution in [0.3, 0.4) is 0 Å². The van der Waals surface area contributed by atoms with Crippen LogP contribution in [0.25, 0.3) is 5.13 Å². The van der Waals surface area contributed by atoms with Crippen LogP contribution in [0.15, 0.2) is 24.5 Å². The quantitative estimate of drug-likeness (QED) is 0.638. The molecule has 3 aromatic rings. The highest BCUT2D eigenvalue weighted by Gasteiger charge is 2.24. The zero-order chi connectivity index (χ0) is 18.6. The van der Waals surface area contributed by atoms with Crippen molar-refractivity contribution in [1.82, 2.24) is 19.7 Å². The minimum atomic E-state index is -0.174.